The van der Waals surface area contributed by atoms with Gasteiger partial charge in [-0.3, -0.25) is 0 Å². The molecule has 0 aliphatic rings. The lowest BCUT2D eigenvalue weighted by atomic mass is 10.6. The molecule has 0 rings (SSSR count). The Morgan fingerprint density at radius 3 is 2.25 bits per heavy atom. The van der Waals surface area contributed by atoms with Crippen LogP contribution >= 0.6 is 11.5 Å². The van der Waals surface area contributed by atoms with Crippen LogP contribution in [-0.4, -0.2) is 14.0 Å². The number of halogens is 1. The standard InChI is InChI=1S/CH3BClO/c1-4-2-3/h1H3. The molecule has 3 heteroatoms. The Hall–Kier alpha value is 0.315. The van der Waals surface area contributed by atoms with Gasteiger partial charge in [0.2, 0.25) is 0 Å². The molecular weight excluding hydrogens is 74.3 g/mol. The van der Waals surface area contributed by atoms with E-state index in [1.165, 1.54) is 7.11 Å². The Morgan fingerprint density at radius 2 is 2.25 bits per heavy atom. The molecule has 0 spiro atoms. The number of hydrogen-bond donors (Lipinski definition) is 0. The first-order valence-corrected chi connectivity index (χ1v) is 1.30. The highest BCUT2D eigenvalue weighted by Gasteiger charge is 1.65. The number of hydrogen-bond acceptors (Lipinski definition) is 1. The third kappa shape index (κ3) is 2.31. The lowest BCUT2D eigenvalue weighted by Crippen LogP contribution is -1.75. The minimum atomic E-state index is 1.10. The molecule has 0 aliphatic heterocycles. The highest BCUT2D eigenvalue weighted by molar-refractivity contribution is 6.89. The summed E-state index contributed by atoms with van der Waals surface area (Å²) in [5.41, 5.74) is 0. The molecule has 0 unspecified atom stereocenters. The van der Waals surface area contributed by atoms with E-state index in [9.17, 15) is 0 Å². The zero-order valence-corrected chi connectivity index (χ0v) is 3.12. The summed E-state index contributed by atoms with van der Waals surface area (Å²) >= 11 is 4.84. The second-order valence-electron chi connectivity index (χ2n) is 0.325. The first-order chi connectivity index (χ1) is 1.91. The summed E-state index contributed by atoms with van der Waals surface area (Å²) in [5.74, 6) is 0. The molecule has 0 saturated heterocycles. The van der Waals surface area contributed by atoms with Crippen molar-refractivity contribution in [1.29, 1.82) is 0 Å². The van der Waals surface area contributed by atoms with Crippen LogP contribution in [0.15, 0.2) is 0 Å². The van der Waals surface area contributed by atoms with Crippen molar-refractivity contribution in [3.63, 3.8) is 0 Å². The van der Waals surface area contributed by atoms with Crippen molar-refractivity contribution in [3.8, 4) is 0 Å². The molecule has 0 aromatic carbocycles. The average Bonchev–Trinajstić information content (AvgIpc) is 1.37. The summed E-state index contributed by atoms with van der Waals surface area (Å²) in [7, 11) is 1.49. The molecule has 0 atom stereocenters. The largest absolute Gasteiger partial charge is 0.427 e. The minimum absolute atomic E-state index is 1.10. The highest BCUT2D eigenvalue weighted by atomic mass is 35.5. The van der Waals surface area contributed by atoms with Gasteiger partial charge in [-0.1, -0.05) is 0 Å². The van der Waals surface area contributed by atoms with Crippen LogP contribution in [0.2, 0.25) is 0 Å². The lowest BCUT2D eigenvalue weighted by Gasteiger charge is -1.70. The lowest BCUT2D eigenvalue weighted by molar-refractivity contribution is 0.455. The van der Waals surface area contributed by atoms with Gasteiger partial charge in [-0.15, -0.1) is 0 Å². The second-order valence-corrected chi connectivity index (χ2v) is 0.503. The van der Waals surface area contributed by atoms with Crippen molar-refractivity contribution in [2.45, 2.75) is 0 Å². The van der Waals surface area contributed by atoms with Crippen molar-refractivity contribution < 1.29 is 4.65 Å². The molecular formula is CH3BClO. The Morgan fingerprint density at radius 1 is 2.00 bits per heavy atom. The van der Waals surface area contributed by atoms with Gasteiger partial charge in [0.25, 0.3) is 0 Å². The summed E-state index contributed by atoms with van der Waals surface area (Å²) in [5, 5.41) is 0. The predicted octanol–water partition coefficient (Wildman–Crippen LogP) is 0.406. The van der Waals surface area contributed by atoms with Crippen molar-refractivity contribution in [1.82, 2.24) is 0 Å². The van der Waals surface area contributed by atoms with Crippen LogP contribution in [0.4, 0.5) is 0 Å². The second kappa shape index (κ2) is 3.31. The maximum atomic E-state index is 4.84. The third-order valence-corrected chi connectivity index (χ3v) is 0.267. The van der Waals surface area contributed by atoms with E-state index in [-0.39, 0.29) is 0 Å². The van der Waals surface area contributed by atoms with Gasteiger partial charge in [0.05, 0.1) is 0 Å². The summed E-state index contributed by atoms with van der Waals surface area (Å²) in [6.07, 6.45) is 0. The Kier molecular flexibility index (Phi) is 3.58. The van der Waals surface area contributed by atoms with E-state index in [1.807, 2.05) is 0 Å². The van der Waals surface area contributed by atoms with Gasteiger partial charge in [-0.25, -0.2) is 0 Å². The molecule has 0 amide bonds. The SMILES string of the molecule is CO[B]Cl. The van der Waals surface area contributed by atoms with E-state index in [1.54, 1.807) is 0 Å². The van der Waals surface area contributed by atoms with E-state index < -0.39 is 0 Å². The predicted molar refractivity (Wildman–Crippen MR) is 18.6 cm³/mol. The molecule has 0 saturated carbocycles. The zero-order valence-electron chi connectivity index (χ0n) is 2.36. The zero-order chi connectivity index (χ0) is 3.41. The van der Waals surface area contributed by atoms with Crippen molar-refractivity contribution in [3.05, 3.63) is 0 Å². The Labute approximate surface area is 31.1 Å². The average molecular weight is 77.3 g/mol. The van der Waals surface area contributed by atoms with E-state index in [0.29, 0.717) is 0 Å². The summed E-state index contributed by atoms with van der Waals surface area (Å²) < 4.78 is 4.18. The number of rotatable bonds is 1. The van der Waals surface area contributed by atoms with E-state index in [2.05, 4.69) is 4.65 Å². The van der Waals surface area contributed by atoms with Gasteiger partial charge < -0.3 is 4.65 Å². The monoisotopic (exact) mass is 77.0 g/mol. The molecule has 1 nitrogen and oxygen atoms in total. The molecule has 0 aromatic rings. The van der Waals surface area contributed by atoms with Crippen LogP contribution in [-0.2, 0) is 4.65 Å². The van der Waals surface area contributed by atoms with Crippen LogP contribution in [0.25, 0.3) is 0 Å². The molecule has 4 heavy (non-hydrogen) atoms. The van der Waals surface area contributed by atoms with Gasteiger partial charge in [-0.05, 0) is 0 Å². The van der Waals surface area contributed by atoms with Gasteiger partial charge in [0, 0.05) is 7.11 Å². The summed E-state index contributed by atoms with van der Waals surface area (Å²) in [6.45, 7) is 1.10. The van der Waals surface area contributed by atoms with Gasteiger partial charge in [-0.2, -0.15) is 11.5 Å². The summed E-state index contributed by atoms with van der Waals surface area (Å²) in [6, 6.07) is 0. The van der Waals surface area contributed by atoms with E-state index >= 15 is 0 Å². The first-order valence-electron chi connectivity index (χ1n) is 0.862. The minimum Gasteiger partial charge on any atom is -0.427 e. The van der Waals surface area contributed by atoms with E-state index in [4.69, 9.17) is 11.5 Å². The van der Waals surface area contributed by atoms with Crippen molar-refractivity contribution >= 4 is 18.4 Å². The van der Waals surface area contributed by atoms with E-state index in [0.717, 1.165) is 6.90 Å². The van der Waals surface area contributed by atoms with Crippen LogP contribution in [0, 0.1) is 0 Å². The molecule has 0 bridgehead atoms. The van der Waals surface area contributed by atoms with Gasteiger partial charge >= 0.3 is 6.90 Å². The van der Waals surface area contributed by atoms with Crippen LogP contribution in [0.3, 0.4) is 0 Å². The smallest absolute Gasteiger partial charge is 0.414 e. The fourth-order valence-corrected chi connectivity index (χ4v) is 0. The topological polar surface area (TPSA) is 9.23 Å². The fourth-order valence-electron chi connectivity index (χ4n) is 0. The van der Waals surface area contributed by atoms with Crippen molar-refractivity contribution in [2.75, 3.05) is 7.11 Å². The maximum absolute atomic E-state index is 4.84. The molecule has 0 aliphatic carbocycles. The Balaban J connectivity index is 1.97. The molecule has 0 N–H and O–H groups in total. The van der Waals surface area contributed by atoms with Crippen LogP contribution < -0.4 is 0 Å². The fraction of sp³-hybridized carbons (Fsp3) is 1.00. The molecule has 0 heterocycles. The maximum Gasteiger partial charge on any atom is 0.414 e. The normalized spacial score (nSPS) is 6.50. The Bertz CT molecular complexity index is 10.0. The van der Waals surface area contributed by atoms with Crippen molar-refractivity contribution in [2.24, 2.45) is 0 Å². The molecule has 1 radical (unpaired) electrons. The summed E-state index contributed by atoms with van der Waals surface area (Å²) in [4.78, 5) is 0. The van der Waals surface area contributed by atoms with Crippen LogP contribution in [0.1, 0.15) is 0 Å². The third-order valence-electron chi connectivity index (χ3n) is 0.0891. The molecule has 0 fully saturated rings. The molecule has 0 aromatic heterocycles. The van der Waals surface area contributed by atoms with Crippen LogP contribution in [0.5, 0.6) is 0 Å². The van der Waals surface area contributed by atoms with Gasteiger partial charge in [0.1, 0.15) is 0 Å². The first kappa shape index (κ1) is 4.31. The van der Waals surface area contributed by atoms with Gasteiger partial charge in [0.15, 0.2) is 0 Å². The highest BCUT2D eigenvalue weighted by Crippen LogP contribution is 1.61. The molecule has 23 valence electrons. The quantitative estimate of drug-likeness (QED) is 0.412.